The fraction of sp³-hybridized carbons (Fsp3) is 0.226. The molecule has 0 aliphatic rings. The molecule has 6 aromatic rings. The highest BCUT2D eigenvalue weighted by Gasteiger charge is 2.27. The predicted octanol–water partition coefficient (Wildman–Crippen LogP) is 7.79. The van der Waals surface area contributed by atoms with Gasteiger partial charge in [-0.1, -0.05) is 54.6 Å². The second kappa shape index (κ2) is 8.25. The van der Waals surface area contributed by atoms with Crippen molar-refractivity contribution >= 4 is 32.7 Å². The number of nitrogens with zero attached hydrogens (tertiary/aromatic N) is 3. The number of rotatable bonds is 6. The third-order valence-corrected chi connectivity index (χ3v) is 7.41. The van der Waals surface area contributed by atoms with E-state index in [4.69, 9.17) is 0 Å². The van der Waals surface area contributed by atoms with Crippen LogP contribution in [0.3, 0.4) is 0 Å². The zero-order valence-electron chi connectivity index (χ0n) is 20.2. The fourth-order valence-corrected chi connectivity index (χ4v) is 5.80. The van der Waals surface area contributed by atoms with Crippen LogP contribution in [0, 0.1) is 0 Å². The van der Waals surface area contributed by atoms with Gasteiger partial charge in [0.2, 0.25) is 0 Å². The Morgan fingerprint density at radius 3 is 1.06 bits per heavy atom. The molecule has 0 spiro atoms. The van der Waals surface area contributed by atoms with E-state index in [-0.39, 0.29) is 5.92 Å². The van der Waals surface area contributed by atoms with Crippen molar-refractivity contribution in [3.8, 4) is 0 Å². The molecule has 0 aliphatic carbocycles. The number of fused-ring (bicyclic) bond motifs is 3. The van der Waals surface area contributed by atoms with E-state index in [1.807, 2.05) is 0 Å². The SMILES string of the molecule is CCn1cc(C(c2cn(CC)c3ccccc23)c2cn(CC)c3ccccc23)c2ccccc21. The maximum Gasteiger partial charge on any atom is 0.0483 e. The van der Waals surface area contributed by atoms with E-state index < -0.39 is 0 Å². The lowest BCUT2D eigenvalue weighted by Crippen LogP contribution is -2.03. The molecular formula is C31H31N3. The fourth-order valence-electron chi connectivity index (χ4n) is 5.80. The largest absolute Gasteiger partial charge is 0.347 e. The first-order valence-electron chi connectivity index (χ1n) is 12.5. The first-order valence-corrected chi connectivity index (χ1v) is 12.5. The summed E-state index contributed by atoms with van der Waals surface area (Å²) in [7, 11) is 0. The normalized spacial score (nSPS) is 12.0. The molecule has 0 bridgehead atoms. The third kappa shape index (κ3) is 3.03. The first kappa shape index (κ1) is 20.9. The molecule has 3 aromatic heterocycles. The number of benzene rings is 3. The van der Waals surface area contributed by atoms with E-state index in [2.05, 4.69) is 126 Å². The Labute approximate surface area is 200 Å². The Kier molecular flexibility index (Phi) is 5.06. The standard InChI is InChI=1S/C31H31N3/c1-4-32-19-25(22-13-7-10-16-28(22)32)31(26-20-33(5-2)29-17-11-8-14-23(26)29)27-21-34(6-3)30-18-12-9-15-24(27)30/h7-21,31H,4-6H2,1-3H3. The van der Waals surface area contributed by atoms with Crippen molar-refractivity contribution in [1.82, 2.24) is 13.7 Å². The molecule has 0 radical (unpaired) electrons. The van der Waals surface area contributed by atoms with Crippen molar-refractivity contribution in [3.63, 3.8) is 0 Å². The van der Waals surface area contributed by atoms with E-state index in [1.54, 1.807) is 0 Å². The molecule has 3 heteroatoms. The van der Waals surface area contributed by atoms with Gasteiger partial charge in [0, 0.05) is 76.9 Å². The van der Waals surface area contributed by atoms with Gasteiger partial charge >= 0.3 is 0 Å². The summed E-state index contributed by atoms with van der Waals surface area (Å²) in [6, 6.07) is 26.6. The van der Waals surface area contributed by atoms with Gasteiger partial charge in [-0.05, 0) is 55.7 Å². The summed E-state index contributed by atoms with van der Waals surface area (Å²) in [6.07, 6.45) is 7.18. The van der Waals surface area contributed by atoms with Gasteiger partial charge in [-0.15, -0.1) is 0 Å². The maximum absolute atomic E-state index is 2.40. The minimum absolute atomic E-state index is 0.146. The molecule has 0 fully saturated rings. The highest BCUT2D eigenvalue weighted by atomic mass is 15.0. The van der Waals surface area contributed by atoms with E-state index in [1.165, 1.54) is 49.4 Å². The van der Waals surface area contributed by atoms with E-state index in [9.17, 15) is 0 Å². The average molecular weight is 446 g/mol. The third-order valence-electron chi connectivity index (χ3n) is 7.41. The molecule has 3 nitrogen and oxygen atoms in total. The maximum atomic E-state index is 2.40. The summed E-state index contributed by atoms with van der Waals surface area (Å²) in [5, 5.41) is 4.03. The second-order valence-electron chi connectivity index (χ2n) is 9.10. The summed E-state index contributed by atoms with van der Waals surface area (Å²) in [4.78, 5) is 0. The average Bonchev–Trinajstić information content (AvgIpc) is 3.57. The Morgan fingerprint density at radius 2 is 0.765 bits per heavy atom. The van der Waals surface area contributed by atoms with Crippen LogP contribution in [0.2, 0.25) is 0 Å². The van der Waals surface area contributed by atoms with Gasteiger partial charge in [0.1, 0.15) is 0 Å². The van der Waals surface area contributed by atoms with Crippen LogP contribution in [-0.4, -0.2) is 13.7 Å². The van der Waals surface area contributed by atoms with E-state index >= 15 is 0 Å². The molecule has 170 valence electrons. The lowest BCUT2D eigenvalue weighted by molar-refractivity contribution is 0.776. The number of para-hydroxylation sites is 3. The highest BCUT2D eigenvalue weighted by molar-refractivity contribution is 5.93. The van der Waals surface area contributed by atoms with Crippen molar-refractivity contribution in [3.05, 3.63) is 108 Å². The van der Waals surface area contributed by atoms with Gasteiger partial charge in [0.05, 0.1) is 0 Å². The van der Waals surface area contributed by atoms with Crippen LogP contribution in [0.25, 0.3) is 32.7 Å². The van der Waals surface area contributed by atoms with Crippen molar-refractivity contribution in [2.24, 2.45) is 0 Å². The number of hydrogen-bond donors (Lipinski definition) is 0. The molecule has 6 rings (SSSR count). The second-order valence-corrected chi connectivity index (χ2v) is 9.10. The van der Waals surface area contributed by atoms with Crippen LogP contribution in [-0.2, 0) is 19.6 Å². The molecule has 0 amide bonds. The van der Waals surface area contributed by atoms with Crippen molar-refractivity contribution < 1.29 is 0 Å². The summed E-state index contributed by atoms with van der Waals surface area (Å²) in [5.74, 6) is 0.146. The molecule has 34 heavy (non-hydrogen) atoms. The molecule has 0 saturated heterocycles. The van der Waals surface area contributed by atoms with Gasteiger partial charge < -0.3 is 13.7 Å². The highest BCUT2D eigenvalue weighted by Crippen LogP contribution is 2.43. The van der Waals surface area contributed by atoms with Crippen molar-refractivity contribution in [1.29, 1.82) is 0 Å². The lowest BCUT2D eigenvalue weighted by Gasteiger charge is -2.17. The van der Waals surface area contributed by atoms with Gasteiger partial charge in [0.25, 0.3) is 0 Å². The minimum Gasteiger partial charge on any atom is -0.347 e. The van der Waals surface area contributed by atoms with Crippen LogP contribution in [0.5, 0.6) is 0 Å². The molecule has 0 N–H and O–H groups in total. The van der Waals surface area contributed by atoms with Crippen LogP contribution >= 0.6 is 0 Å². The summed E-state index contributed by atoms with van der Waals surface area (Å²) in [5.41, 5.74) is 8.08. The first-order chi connectivity index (χ1) is 16.7. The van der Waals surface area contributed by atoms with Crippen LogP contribution < -0.4 is 0 Å². The van der Waals surface area contributed by atoms with Crippen LogP contribution in [0.15, 0.2) is 91.4 Å². The Balaban J connectivity index is 1.74. The Bertz CT molecular complexity index is 1430. The van der Waals surface area contributed by atoms with Crippen LogP contribution in [0.1, 0.15) is 43.4 Å². The number of aryl methyl sites for hydroxylation is 3. The zero-order chi connectivity index (χ0) is 23.2. The van der Waals surface area contributed by atoms with Gasteiger partial charge in [-0.2, -0.15) is 0 Å². The smallest absolute Gasteiger partial charge is 0.0483 e. The van der Waals surface area contributed by atoms with E-state index in [0.29, 0.717) is 0 Å². The number of hydrogen-bond acceptors (Lipinski definition) is 0. The zero-order valence-corrected chi connectivity index (χ0v) is 20.2. The Hall–Kier alpha value is -3.72. The lowest BCUT2D eigenvalue weighted by atomic mass is 9.84. The molecule has 0 saturated carbocycles. The van der Waals surface area contributed by atoms with Crippen molar-refractivity contribution in [2.45, 2.75) is 46.3 Å². The molecule has 3 aromatic carbocycles. The predicted molar refractivity (Wildman–Crippen MR) is 144 cm³/mol. The topological polar surface area (TPSA) is 14.8 Å². The monoisotopic (exact) mass is 445 g/mol. The molecule has 0 unspecified atom stereocenters. The summed E-state index contributed by atoms with van der Waals surface area (Å²) < 4.78 is 7.20. The van der Waals surface area contributed by atoms with E-state index in [0.717, 1.165) is 19.6 Å². The molecule has 3 heterocycles. The van der Waals surface area contributed by atoms with Gasteiger partial charge in [-0.3, -0.25) is 0 Å². The quantitative estimate of drug-likeness (QED) is 0.248. The van der Waals surface area contributed by atoms with Gasteiger partial charge in [-0.25, -0.2) is 0 Å². The molecular weight excluding hydrogens is 414 g/mol. The summed E-state index contributed by atoms with van der Waals surface area (Å²) >= 11 is 0. The van der Waals surface area contributed by atoms with Gasteiger partial charge in [0.15, 0.2) is 0 Å². The Morgan fingerprint density at radius 1 is 0.471 bits per heavy atom. The summed E-state index contributed by atoms with van der Waals surface area (Å²) in [6.45, 7) is 9.58. The minimum atomic E-state index is 0.146. The van der Waals surface area contributed by atoms with Crippen LogP contribution in [0.4, 0.5) is 0 Å². The van der Waals surface area contributed by atoms with Crippen molar-refractivity contribution in [2.75, 3.05) is 0 Å². The number of aromatic nitrogens is 3. The molecule has 0 atom stereocenters. The molecule has 0 aliphatic heterocycles.